The topological polar surface area (TPSA) is 127 Å². The van der Waals surface area contributed by atoms with Gasteiger partial charge in [-0.25, -0.2) is 13.1 Å². The molecular formula is C9H14N4O4S2. The molecule has 106 valence electrons. The molecule has 0 saturated heterocycles. The molecule has 8 nitrogen and oxygen atoms in total. The van der Waals surface area contributed by atoms with E-state index in [1.807, 2.05) is 6.26 Å². The van der Waals surface area contributed by atoms with Gasteiger partial charge in [-0.1, -0.05) is 0 Å². The number of hydrogen-bond donors (Lipinski definition) is 3. The lowest BCUT2D eigenvalue weighted by molar-refractivity contribution is -0.384. The Kier molecular flexibility index (Phi) is 5.54. The summed E-state index contributed by atoms with van der Waals surface area (Å²) in [4.78, 5) is 9.97. The molecule has 4 N–H and O–H groups in total. The molecule has 19 heavy (non-hydrogen) atoms. The van der Waals surface area contributed by atoms with Crippen molar-refractivity contribution in [3.8, 4) is 0 Å². The molecule has 0 bridgehead atoms. The summed E-state index contributed by atoms with van der Waals surface area (Å²) >= 11 is 1.50. The average Bonchev–Trinajstić information content (AvgIpc) is 2.38. The minimum Gasteiger partial charge on any atom is -0.318 e. The Bertz CT molecular complexity index is 561. The second-order valence-electron chi connectivity index (χ2n) is 3.47. The number of nitrogens with two attached hydrogens (primary N) is 1. The predicted molar refractivity (Wildman–Crippen MR) is 74.5 cm³/mol. The van der Waals surface area contributed by atoms with Gasteiger partial charge in [-0.15, -0.1) is 0 Å². The molecule has 0 saturated carbocycles. The summed E-state index contributed by atoms with van der Waals surface area (Å²) in [5.41, 5.74) is 1.77. The van der Waals surface area contributed by atoms with Crippen molar-refractivity contribution in [3.63, 3.8) is 0 Å². The Morgan fingerprint density at radius 3 is 2.68 bits per heavy atom. The highest BCUT2D eigenvalue weighted by Crippen LogP contribution is 2.26. The van der Waals surface area contributed by atoms with E-state index >= 15 is 0 Å². The van der Waals surface area contributed by atoms with E-state index in [0.29, 0.717) is 5.75 Å². The number of nitro benzene ring substituents is 1. The molecule has 1 aromatic rings. The van der Waals surface area contributed by atoms with Gasteiger partial charge in [0, 0.05) is 18.4 Å². The SMILES string of the molecule is CSCCNS(=O)(=O)c1ccc([N+](=O)[O-])c(NN)c1. The van der Waals surface area contributed by atoms with Gasteiger partial charge in [-0.3, -0.25) is 16.0 Å². The number of hydrazine groups is 1. The van der Waals surface area contributed by atoms with Crippen molar-refractivity contribution < 1.29 is 13.3 Å². The lowest BCUT2D eigenvalue weighted by atomic mass is 10.3. The largest absolute Gasteiger partial charge is 0.318 e. The lowest BCUT2D eigenvalue weighted by Gasteiger charge is -2.08. The summed E-state index contributed by atoms with van der Waals surface area (Å²) in [7, 11) is -3.69. The Hall–Kier alpha value is -1.36. The van der Waals surface area contributed by atoms with Crippen LogP contribution in [0.15, 0.2) is 23.1 Å². The van der Waals surface area contributed by atoms with Crippen molar-refractivity contribution in [3.05, 3.63) is 28.3 Å². The summed E-state index contributed by atoms with van der Waals surface area (Å²) in [5.74, 6) is 5.78. The van der Waals surface area contributed by atoms with Crippen LogP contribution in [0.4, 0.5) is 11.4 Å². The number of rotatable bonds is 7. The molecule has 0 aromatic heterocycles. The number of nitrogens with one attached hydrogen (secondary N) is 2. The van der Waals surface area contributed by atoms with Gasteiger partial charge in [0.2, 0.25) is 10.0 Å². The van der Waals surface area contributed by atoms with Crippen molar-refractivity contribution in [2.45, 2.75) is 4.90 Å². The highest BCUT2D eigenvalue weighted by Gasteiger charge is 2.19. The van der Waals surface area contributed by atoms with Crippen LogP contribution in [0.25, 0.3) is 0 Å². The van der Waals surface area contributed by atoms with Crippen molar-refractivity contribution in [2.24, 2.45) is 5.84 Å². The minimum atomic E-state index is -3.69. The zero-order valence-electron chi connectivity index (χ0n) is 10.1. The van der Waals surface area contributed by atoms with E-state index in [0.717, 1.165) is 12.1 Å². The number of nitro groups is 1. The van der Waals surface area contributed by atoms with Crippen molar-refractivity contribution in [2.75, 3.05) is 24.0 Å². The number of thioether (sulfide) groups is 1. The van der Waals surface area contributed by atoms with E-state index in [1.54, 1.807) is 0 Å². The number of anilines is 1. The second kappa shape index (κ2) is 6.70. The van der Waals surface area contributed by atoms with Crippen molar-refractivity contribution in [1.82, 2.24) is 4.72 Å². The fraction of sp³-hybridized carbons (Fsp3) is 0.333. The second-order valence-corrected chi connectivity index (χ2v) is 6.22. The van der Waals surface area contributed by atoms with Crippen LogP contribution in [0.5, 0.6) is 0 Å². The molecular weight excluding hydrogens is 292 g/mol. The van der Waals surface area contributed by atoms with Crippen LogP contribution >= 0.6 is 11.8 Å². The van der Waals surface area contributed by atoms with Gasteiger partial charge in [0.1, 0.15) is 5.69 Å². The normalized spacial score (nSPS) is 11.3. The zero-order valence-corrected chi connectivity index (χ0v) is 11.8. The van der Waals surface area contributed by atoms with Gasteiger partial charge in [0.15, 0.2) is 0 Å². The molecule has 0 aliphatic heterocycles. The fourth-order valence-electron chi connectivity index (χ4n) is 1.32. The molecule has 10 heteroatoms. The van der Waals surface area contributed by atoms with E-state index < -0.39 is 14.9 Å². The zero-order chi connectivity index (χ0) is 14.5. The first-order valence-corrected chi connectivity index (χ1v) is 8.03. The molecule has 0 unspecified atom stereocenters. The average molecular weight is 306 g/mol. The van der Waals surface area contributed by atoms with Gasteiger partial charge in [0.05, 0.1) is 9.82 Å². The third-order valence-corrected chi connectivity index (χ3v) is 4.30. The fourth-order valence-corrected chi connectivity index (χ4v) is 2.81. The van der Waals surface area contributed by atoms with Gasteiger partial charge >= 0.3 is 0 Å². The number of nitrogens with zero attached hydrogens (tertiary/aromatic N) is 1. The molecule has 0 fully saturated rings. The van der Waals surface area contributed by atoms with Gasteiger partial charge < -0.3 is 5.43 Å². The first-order valence-electron chi connectivity index (χ1n) is 5.16. The summed E-state index contributed by atoms with van der Waals surface area (Å²) in [6.45, 7) is 0.284. The quantitative estimate of drug-likeness (QED) is 0.290. The van der Waals surface area contributed by atoms with Crippen LogP contribution in [-0.2, 0) is 10.0 Å². The molecule has 0 amide bonds. The van der Waals surface area contributed by atoms with Crippen LogP contribution in [0, 0.1) is 10.1 Å². The molecule has 1 rings (SSSR count). The Morgan fingerprint density at radius 1 is 1.47 bits per heavy atom. The van der Waals surface area contributed by atoms with Crippen LogP contribution in [0.3, 0.4) is 0 Å². The summed E-state index contributed by atoms with van der Waals surface area (Å²) < 4.78 is 26.2. The maximum Gasteiger partial charge on any atom is 0.293 e. The van der Waals surface area contributed by atoms with E-state index in [2.05, 4.69) is 10.1 Å². The first-order chi connectivity index (χ1) is 8.92. The standard InChI is InChI=1S/C9H14N4O4S2/c1-18-5-4-11-19(16,17)7-2-3-9(13(14)15)8(6-7)12-10/h2-3,6,11-12H,4-5,10H2,1H3. The number of hydrogen-bond acceptors (Lipinski definition) is 7. The minimum absolute atomic E-state index is 0.0576. The van der Waals surface area contributed by atoms with Crippen LogP contribution in [-0.4, -0.2) is 31.9 Å². The third-order valence-electron chi connectivity index (χ3n) is 2.23. The molecule has 1 aromatic carbocycles. The summed E-state index contributed by atoms with van der Waals surface area (Å²) in [6.07, 6.45) is 1.86. The molecule has 0 radical (unpaired) electrons. The highest BCUT2D eigenvalue weighted by atomic mass is 32.2. The van der Waals surface area contributed by atoms with Gasteiger partial charge in [-0.2, -0.15) is 11.8 Å². The van der Waals surface area contributed by atoms with E-state index in [9.17, 15) is 18.5 Å². The number of benzene rings is 1. The van der Waals surface area contributed by atoms with E-state index in [4.69, 9.17) is 5.84 Å². The summed E-state index contributed by atoms with van der Waals surface area (Å²) in [6, 6.07) is 3.39. The maximum atomic E-state index is 11.9. The van der Waals surface area contributed by atoms with Crippen molar-refractivity contribution >= 4 is 33.2 Å². The number of nitrogen functional groups attached to an aromatic ring is 1. The molecule has 0 aliphatic carbocycles. The Labute approximate surface area is 114 Å². The van der Waals surface area contributed by atoms with Crippen LogP contribution in [0.1, 0.15) is 0 Å². The number of sulfonamides is 1. The third kappa shape index (κ3) is 4.06. The van der Waals surface area contributed by atoms with E-state index in [1.165, 1.54) is 17.8 Å². The molecule has 0 atom stereocenters. The highest BCUT2D eigenvalue weighted by molar-refractivity contribution is 7.98. The monoisotopic (exact) mass is 306 g/mol. The van der Waals surface area contributed by atoms with Crippen LogP contribution < -0.4 is 16.0 Å². The molecule has 0 heterocycles. The first kappa shape index (κ1) is 15.7. The predicted octanol–water partition coefficient (Wildman–Crippen LogP) is 0.522. The Morgan fingerprint density at radius 2 is 2.16 bits per heavy atom. The maximum absolute atomic E-state index is 11.9. The summed E-state index contributed by atoms with van der Waals surface area (Å²) in [5, 5.41) is 10.7. The smallest absolute Gasteiger partial charge is 0.293 e. The van der Waals surface area contributed by atoms with Gasteiger partial charge in [0.25, 0.3) is 5.69 Å². The van der Waals surface area contributed by atoms with Crippen molar-refractivity contribution in [1.29, 1.82) is 0 Å². The Balaban J connectivity index is 3.05. The van der Waals surface area contributed by atoms with Crippen LogP contribution in [0.2, 0.25) is 0 Å². The van der Waals surface area contributed by atoms with E-state index in [-0.39, 0.29) is 22.8 Å². The molecule has 0 aliphatic rings. The lowest BCUT2D eigenvalue weighted by Crippen LogP contribution is -2.26. The molecule has 0 spiro atoms. The van der Waals surface area contributed by atoms with Gasteiger partial charge in [-0.05, 0) is 18.4 Å².